The summed E-state index contributed by atoms with van der Waals surface area (Å²) < 4.78 is 7.98. The molecule has 0 spiro atoms. The van der Waals surface area contributed by atoms with Crippen molar-refractivity contribution >= 4 is 28.4 Å². The number of pyridine rings is 3. The molecule has 33 heavy (non-hydrogen) atoms. The first-order valence-corrected chi connectivity index (χ1v) is 10.2. The standard InChI is InChI=1S/C23H19N7O3/c1-13-5-4-8-29-20(13)27-21-17(23(29)32)10-16(22(31)26-18-9-14(2)33-28-18)19(24)30(21)12-15-6-3-7-25-11-15/h3-11,24H,12H2,1-2H3,(H,26,28,31). The summed E-state index contributed by atoms with van der Waals surface area (Å²) in [7, 11) is 0. The molecule has 1 amide bonds. The van der Waals surface area contributed by atoms with Gasteiger partial charge in [-0.2, -0.15) is 0 Å². The van der Waals surface area contributed by atoms with Gasteiger partial charge in [-0.25, -0.2) is 4.98 Å². The SMILES string of the molecule is Cc1cc(NC(=O)c2cc3c(=O)n4cccc(C)c4nc3n(Cc3cccnc3)c2=N)no1. The van der Waals surface area contributed by atoms with E-state index < -0.39 is 5.91 Å². The highest BCUT2D eigenvalue weighted by Gasteiger charge is 2.19. The minimum absolute atomic E-state index is 0.0125. The van der Waals surface area contributed by atoms with E-state index in [1.54, 1.807) is 48.3 Å². The number of rotatable bonds is 4. The number of hydrogen-bond acceptors (Lipinski definition) is 7. The summed E-state index contributed by atoms with van der Waals surface area (Å²) in [5, 5.41) is 15.4. The molecule has 10 nitrogen and oxygen atoms in total. The van der Waals surface area contributed by atoms with Gasteiger partial charge in [0.1, 0.15) is 22.5 Å². The normalized spacial score (nSPS) is 11.2. The van der Waals surface area contributed by atoms with E-state index in [1.807, 2.05) is 19.1 Å². The highest BCUT2D eigenvalue weighted by atomic mass is 16.5. The number of nitrogens with one attached hydrogen (secondary N) is 2. The van der Waals surface area contributed by atoms with Crippen molar-refractivity contribution in [1.82, 2.24) is 24.1 Å². The lowest BCUT2D eigenvalue weighted by atomic mass is 10.1. The lowest BCUT2D eigenvalue weighted by molar-refractivity contribution is 0.102. The van der Waals surface area contributed by atoms with Crippen molar-refractivity contribution in [2.24, 2.45) is 0 Å². The molecule has 0 aliphatic heterocycles. The van der Waals surface area contributed by atoms with Crippen LogP contribution in [0.25, 0.3) is 16.7 Å². The predicted octanol–water partition coefficient (Wildman–Crippen LogP) is 2.43. The molecule has 0 saturated carbocycles. The van der Waals surface area contributed by atoms with Gasteiger partial charge in [0, 0.05) is 24.7 Å². The third kappa shape index (κ3) is 3.57. The molecule has 0 unspecified atom stereocenters. The van der Waals surface area contributed by atoms with Gasteiger partial charge in [0.05, 0.1) is 17.5 Å². The lowest BCUT2D eigenvalue weighted by Gasteiger charge is -2.15. The first-order chi connectivity index (χ1) is 15.9. The average Bonchev–Trinajstić information content (AvgIpc) is 3.21. The Morgan fingerprint density at radius 1 is 1.18 bits per heavy atom. The number of aryl methyl sites for hydroxylation is 2. The molecule has 0 radical (unpaired) electrons. The van der Waals surface area contributed by atoms with E-state index in [0.29, 0.717) is 17.1 Å². The van der Waals surface area contributed by atoms with Crippen molar-refractivity contribution in [2.45, 2.75) is 20.4 Å². The number of amides is 1. The Labute approximate surface area is 186 Å². The fourth-order valence-corrected chi connectivity index (χ4v) is 3.71. The van der Waals surface area contributed by atoms with Gasteiger partial charge in [-0.15, -0.1) is 0 Å². The third-order valence-corrected chi connectivity index (χ3v) is 5.31. The monoisotopic (exact) mass is 441 g/mol. The van der Waals surface area contributed by atoms with Crippen LogP contribution in [0.1, 0.15) is 27.2 Å². The Morgan fingerprint density at radius 3 is 2.76 bits per heavy atom. The molecule has 2 N–H and O–H groups in total. The van der Waals surface area contributed by atoms with Crippen LogP contribution < -0.4 is 16.4 Å². The van der Waals surface area contributed by atoms with Crippen molar-refractivity contribution < 1.29 is 9.32 Å². The van der Waals surface area contributed by atoms with Crippen molar-refractivity contribution in [3.05, 3.63) is 93.3 Å². The number of nitrogens with zero attached hydrogens (tertiary/aromatic N) is 5. The maximum atomic E-state index is 13.4. The first kappa shape index (κ1) is 20.3. The smallest absolute Gasteiger partial charge is 0.267 e. The molecule has 5 aromatic heterocycles. The Kier molecular flexibility index (Phi) is 4.82. The summed E-state index contributed by atoms with van der Waals surface area (Å²) in [5.74, 6) is 0.175. The molecule has 5 heterocycles. The van der Waals surface area contributed by atoms with E-state index in [9.17, 15) is 9.59 Å². The van der Waals surface area contributed by atoms with Crippen LogP contribution in [0.3, 0.4) is 0 Å². The average molecular weight is 441 g/mol. The largest absolute Gasteiger partial charge is 0.360 e. The van der Waals surface area contributed by atoms with E-state index in [1.165, 1.54) is 10.5 Å². The molecular formula is C23H19N7O3. The number of carbonyl (C=O) groups is 1. The summed E-state index contributed by atoms with van der Waals surface area (Å²) in [4.78, 5) is 35.3. The third-order valence-electron chi connectivity index (χ3n) is 5.31. The fraction of sp³-hybridized carbons (Fsp3) is 0.130. The zero-order valence-electron chi connectivity index (χ0n) is 17.9. The van der Waals surface area contributed by atoms with Crippen LogP contribution in [0.4, 0.5) is 5.82 Å². The second-order valence-corrected chi connectivity index (χ2v) is 7.67. The topological polar surface area (TPSA) is 131 Å². The molecule has 0 saturated heterocycles. The quantitative estimate of drug-likeness (QED) is 0.412. The fourth-order valence-electron chi connectivity index (χ4n) is 3.71. The molecule has 5 rings (SSSR count). The van der Waals surface area contributed by atoms with Gasteiger partial charge in [-0.05, 0) is 43.2 Å². The lowest BCUT2D eigenvalue weighted by Crippen LogP contribution is -2.32. The zero-order valence-corrected chi connectivity index (χ0v) is 17.9. The van der Waals surface area contributed by atoms with Crippen LogP contribution in [0.2, 0.25) is 0 Å². The molecule has 164 valence electrons. The Hall–Kier alpha value is -4.60. The summed E-state index contributed by atoms with van der Waals surface area (Å²) in [6.45, 7) is 3.78. The molecule has 0 bridgehead atoms. The van der Waals surface area contributed by atoms with Gasteiger partial charge in [-0.1, -0.05) is 17.3 Å². The molecule has 0 atom stereocenters. The summed E-state index contributed by atoms with van der Waals surface area (Å²) in [5.41, 5.74) is 2.02. The highest BCUT2D eigenvalue weighted by Crippen LogP contribution is 2.15. The maximum absolute atomic E-state index is 13.4. The van der Waals surface area contributed by atoms with E-state index in [4.69, 9.17) is 14.9 Å². The van der Waals surface area contributed by atoms with Crippen LogP contribution in [0.5, 0.6) is 0 Å². The van der Waals surface area contributed by atoms with Gasteiger partial charge < -0.3 is 14.4 Å². The zero-order chi connectivity index (χ0) is 23.1. The van der Waals surface area contributed by atoms with Crippen molar-refractivity contribution in [3.63, 3.8) is 0 Å². The van der Waals surface area contributed by atoms with Gasteiger partial charge in [0.2, 0.25) is 0 Å². The van der Waals surface area contributed by atoms with Crippen LogP contribution in [0.15, 0.2) is 64.3 Å². The van der Waals surface area contributed by atoms with E-state index in [2.05, 4.69) is 15.5 Å². The van der Waals surface area contributed by atoms with E-state index in [-0.39, 0.29) is 34.4 Å². The van der Waals surface area contributed by atoms with Crippen LogP contribution in [0, 0.1) is 19.3 Å². The second-order valence-electron chi connectivity index (χ2n) is 7.67. The molecule has 0 aliphatic rings. The van der Waals surface area contributed by atoms with Gasteiger partial charge >= 0.3 is 0 Å². The molecule has 10 heteroatoms. The molecule has 0 fully saturated rings. The summed E-state index contributed by atoms with van der Waals surface area (Å²) >= 11 is 0. The van der Waals surface area contributed by atoms with Crippen molar-refractivity contribution in [1.29, 1.82) is 5.41 Å². The van der Waals surface area contributed by atoms with Crippen LogP contribution >= 0.6 is 0 Å². The Balaban J connectivity index is 1.78. The number of fused-ring (bicyclic) bond motifs is 2. The molecule has 5 aromatic rings. The Morgan fingerprint density at radius 2 is 2.03 bits per heavy atom. The second kappa shape index (κ2) is 7.83. The summed E-state index contributed by atoms with van der Waals surface area (Å²) in [6.07, 6.45) is 4.95. The predicted molar refractivity (Wildman–Crippen MR) is 120 cm³/mol. The van der Waals surface area contributed by atoms with Gasteiger partial charge in [-0.3, -0.25) is 24.4 Å². The van der Waals surface area contributed by atoms with Crippen molar-refractivity contribution in [2.75, 3.05) is 5.32 Å². The molecule has 0 aromatic carbocycles. The van der Waals surface area contributed by atoms with Crippen LogP contribution in [-0.2, 0) is 6.54 Å². The number of carbonyl (C=O) groups excluding carboxylic acids is 1. The van der Waals surface area contributed by atoms with Gasteiger partial charge in [0.25, 0.3) is 11.5 Å². The van der Waals surface area contributed by atoms with Crippen molar-refractivity contribution in [3.8, 4) is 0 Å². The molecule has 0 aliphatic carbocycles. The first-order valence-electron chi connectivity index (χ1n) is 10.2. The van der Waals surface area contributed by atoms with E-state index >= 15 is 0 Å². The minimum atomic E-state index is -0.580. The van der Waals surface area contributed by atoms with E-state index in [0.717, 1.165) is 11.1 Å². The number of aromatic nitrogens is 5. The summed E-state index contributed by atoms with van der Waals surface area (Å²) in [6, 6.07) is 10.2. The molecular weight excluding hydrogens is 422 g/mol. The highest BCUT2D eigenvalue weighted by molar-refractivity contribution is 6.05. The number of hydrogen-bond donors (Lipinski definition) is 2. The number of anilines is 1. The Bertz CT molecular complexity index is 1650. The minimum Gasteiger partial charge on any atom is -0.360 e. The maximum Gasteiger partial charge on any atom is 0.267 e. The van der Waals surface area contributed by atoms with Crippen LogP contribution in [-0.4, -0.2) is 30.0 Å². The van der Waals surface area contributed by atoms with Gasteiger partial charge in [0.15, 0.2) is 5.82 Å².